The van der Waals surface area contributed by atoms with Crippen LogP contribution in [0.25, 0.3) is 0 Å². The molecule has 2 nitrogen and oxygen atoms in total. The molecule has 0 amide bonds. The first kappa shape index (κ1) is 16.1. The summed E-state index contributed by atoms with van der Waals surface area (Å²) in [5.41, 5.74) is 1.61. The van der Waals surface area contributed by atoms with Crippen molar-refractivity contribution in [3.63, 3.8) is 0 Å². The number of fused-ring (bicyclic) bond motifs is 3. The smallest absolute Gasteiger partial charge is 0.309 e. The molecule has 5 unspecified atom stereocenters. The zero-order valence-electron chi connectivity index (χ0n) is 14.9. The lowest BCUT2D eigenvalue weighted by Crippen LogP contribution is -2.55. The minimum Gasteiger partial charge on any atom is -0.481 e. The fourth-order valence-electron chi connectivity index (χ4n) is 6.11. The van der Waals surface area contributed by atoms with E-state index in [9.17, 15) is 9.90 Å². The molecule has 3 aliphatic carbocycles. The molecular weight excluding hydrogens is 272 g/mol. The van der Waals surface area contributed by atoms with Crippen LogP contribution in [0, 0.1) is 34.0 Å². The van der Waals surface area contributed by atoms with Gasteiger partial charge in [-0.3, -0.25) is 4.79 Å². The Hall–Kier alpha value is -0.790. The molecule has 0 aromatic carbocycles. The first-order valence-corrected chi connectivity index (χ1v) is 9.06. The Morgan fingerprint density at radius 3 is 2.50 bits per heavy atom. The highest BCUT2D eigenvalue weighted by Gasteiger charge is 2.59. The van der Waals surface area contributed by atoms with Crippen LogP contribution in [0.2, 0.25) is 0 Å². The molecule has 0 spiro atoms. The number of aliphatic carboxylic acids is 1. The third-order valence-electron chi connectivity index (χ3n) is 7.46. The molecule has 0 aliphatic heterocycles. The van der Waals surface area contributed by atoms with Gasteiger partial charge in [0.1, 0.15) is 0 Å². The molecule has 0 aromatic rings. The van der Waals surface area contributed by atoms with Gasteiger partial charge in [0, 0.05) is 0 Å². The second-order valence-electron chi connectivity index (χ2n) is 9.50. The van der Waals surface area contributed by atoms with Gasteiger partial charge in [-0.15, -0.1) is 0 Å². The summed E-state index contributed by atoms with van der Waals surface area (Å²) < 4.78 is 0. The van der Waals surface area contributed by atoms with Gasteiger partial charge in [-0.2, -0.15) is 0 Å². The summed E-state index contributed by atoms with van der Waals surface area (Å²) in [5.74, 6) is 0.900. The zero-order valence-corrected chi connectivity index (χ0v) is 14.9. The molecule has 0 heterocycles. The molecule has 2 saturated carbocycles. The SMILES string of the molecule is CC1CC2C(C)(C(=O)O)CCCC2(C)C2CCC(C)(C)C=C12. The Kier molecular flexibility index (Phi) is 3.55. The average Bonchev–Trinajstić information content (AvgIpc) is 2.40. The predicted molar refractivity (Wildman–Crippen MR) is 89.6 cm³/mol. The highest BCUT2D eigenvalue weighted by atomic mass is 16.4. The van der Waals surface area contributed by atoms with Crippen molar-refractivity contribution in [1.82, 2.24) is 0 Å². The lowest BCUT2D eigenvalue weighted by Gasteiger charge is -2.60. The number of carboxylic acids is 1. The van der Waals surface area contributed by atoms with Gasteiger partial charge in [-0.25, -0.2) is 0 Å². The first-order valence-electron chi connectivity index (χ1n) is 9.06. The van der Waals surface area contributed by atoms with Crippen LogP contribution < -0.4 is 0 Å². The zero-order chi connectivity index (χ0) is 16.3. The topological polar surface area (TPSA) is 37.3 Å². The Bertz CT molecular complexity index is 518. The van der Waals surface area contributed by atoms with Crippen LogP contribution in [-0.2, 0) is 4.79 Å². The van der Waals surface area contributed by atoms with Gasteiger partial charge < -0.3 is 5.11 Å². The van der Waals surface area contributed by atoms with Crippen LogP contribution >= 0.6 is 0 Å². The van der Waals surface area contributed by atoms with Gasteiger partial charge in [0.15, 0.2) is 0 Å². The van der Waals surface area contributed by atoms with E-state index < -0.39 is 11.4 Å². The second-order valence-corrected chi connectivity index (χ2v) is 9.50. The predicted octanol–water partition coefficient (Wildman–Crippen LogP) is 5.29. The van der Waals surface area contributed by atoms with Gasteiger partial charge >= 0.3 is 5.97 Å². The molecule has 0 bridgehead atoms. The Morgan fingerprint density at radius 1 is 1.18 bits per heavy atom. The quantitative estimate of drug-likeness (QED) is 0.669. The van der Waals surface area contributed by atoms with Crippen LogP contribution in [-0.4, -0.2) is 11.1 Å². The van der Waals surface area contributed by atoms with Gasteiger partial charge in [0.2, 0.25) is 0 Å². The van der Waals surface area contributed by atoms with E-state index in [0.29, 0.717) is 23.2 Å². The fraction of sp³-hybridized carbons (Fsp3) is 0.850. The summed E-state index contributed by atoms with van der Waals surface area (Å²) in [5, 5.41) is 9.90. The maximum absolute atomic E-state index is 12.0. The molecule has 124 valence electrons. The molecule has 5 atom stereocenters. The number of allylic oxidation sites excluding steroid dienone is 2. The molecular formula is C20H32O2. The Labute approximate surface area is 135 Å². The molecule has 2 fully saturated rings. The molecule has 2 heteroatoms. The van der Waals surface area contributed by atoms with E-state index in [0.717, 1.165) is 19.3 Å². The monoisotopic (exact) mass is 304 g/mol. The highest BCUT2D eigenvalue weighted by Crippen LogP contribution is 2.65. The number of hydrogen-bond donors (Lipinski definition) is 1. The number of carbonyl (C=O) groups is 1. The van der Waals surface area contributed by atoms with E-state index in [1.165, 1.54) is 19.3 Å². The maximum Gasteiger partial charge on any atom is 0.309 e. The Morgan fingerprint density at radius 2 is 1.86 bits per heavy atom. The van der Waals surface area contributed by atoms with Crippen molar-refractivity contribution < 1.29 is 9.90 Å². The number of carboxylic acid groups (broad SMARTS) is 1. The van der Waals surface area contributed by atoms with Gasteiger partial charge in [0.05, 0.1) is 5.41 Å². The van der Waals surface area contributed by atoms with Crippen molar-refractivity contribution in [2.45, 2.75) is 73.1 Å². The number of rotatable bonds is 1. The van der Waals surface area contributed by atoms with Crippen LogP contribution in [0.4, 0.5) is 0 Å². The van der Waals surface area contributed by atoms with E-state index in [-0.39, 0.29) is 5.41 Å². The van der Waals surface area contributed by atoms with Gasteiger partial charge in [-0.05, 0) is 67.6 Å². The van der Waals surface area contributed by atoms with Gasteiger partial charge in [0.25, 0.3) is 0 Å². The summed E-state index contributed by atoms with van der Waals surface area (Å²) in [4.78, 5) is 12.0. The number of hydrogen-bond acceptors (Lipinski definition) is 1. The van der Waals surface area contributed by atoms with Crippen molar-refractivity contribution in [1.29, 1.82) is 0 Å². The fourth-order valence-corrected chi connectivity index (χ4v) is 6.11. The lowest BCUT2D eigenvalue weighted by molar-refractivity contribution is -0.166. The summed E-state index contributed by atoms with van der Waals surface area (Å²) in [6, 6.07) is 0. The van der Waals surface area contributed by atoms with Crippen molar-refractivity contribution in [3.8, 4) is 0 Å². The second kappa shape index (κ2) is 4.85. The van der Waals surface area contributed by atoms with Crippen LogP contribution in [0.15, 0.2) is 11.6 Å². The minimum atomic E-state index is -0.570. The molecule has 3 rings (SSSR count). The summed E-state index contributed by atoms with van der Waals surface area (Å²) >= 11 is 0. The standard InChI is InChI=1S/C20H32O2/c1-13-11-16-19(4,8-6-9-20(16,5)17(21)22)15-7-10-18(2,3)12-14(13)15/h12-13,15-16H,6-11H2,1-5H3,(H,21,22). The van der Waals surface area contributed by atoms with Gasteiger partial charge in [-0.1, -0.05) is 45.8 Å². The molecule has 0 aromatic heterocycles. The first-order chi connectivity index (χ1) is 10.1. The molecule has 3 aliphatic rings. The van der Waals surface area contributed by atoms with Crippen molar-refractivity contribution >= 4 is 5.97 Å². The largest absolute Gasteiger partial charge is 0.481 e. The molecule has 1 N–H and O–H groups in total. The van der Waals surface area contributed by atoms with Crippen LogP contribution in [0.1, 0.15) is 73.1 Å². The normalized spacial score (nSPS) is 47.1. The summed E-state index contributed by atoms with van der Waals surface area (Å²) in [6.07, 6.45) is 9.20. The summed E-state index contributed by atoms with van der Waals surface area (Å²) in [6.45, 7) is 11.4. The minimum absolute atomic E-state index is 0.181. The van der Waals surface area contributed by atoms with Crippen molar-refractivity contribution in [2.24, 2.45) is 34.0 Å². The summed E-state index contributed by atoms with van der Waals surface area (Å²) in [7, 11) is 0. The van der Waals surface area contributed by atoms with E-state index in [1.807, 2.05) is 6.92 Å². The van der Waals surface area contributed by atoms with E-state index in [1.54, 1.807) is 5.57 Å². The average molecular weight is 304 g/mol. The molecule has 0 radical (unpaired) electrons. The molecule has 0 saturated heterocycles. The Balaban J connectivity index is 2.05. The maximum atomic E-state index is 12.0. The van der Waals surface area contributed by atoms with E-state index in [2.05, 4.69) is 33.8 Å². The van der Waals surface area contributed by atoms with E-state index >= 15 is 0 Å². The lowest BCUT2D eigenvalue weighted by atomic mass is 9.43. The van der Waals surface area contributed by atoms with Crippen molar-refractivity contribution in [2.75, 3.05) is 0 Å². The van der Waals surface area contributed by atoms with Crippen LogP contribution in [0.3, 0.4) is 0 Å². The highest BCUT2D eigenvalue weighted by molar-refractivity contribution is 5.75. The molecule has 22 heavy (non-hydrogen) atoms. The van der Waals surface area contributed by atoms with E-state index in [4.69, 9.17) is 0 Å². The van der Waals surface area contributed by atoms with Crippen molar-refractivity contribution in [3.05, 3.63) is 11.6 Å². The third-order valence-corrected chi connectivity index (χ3v) is 7.46. The van der Waals surface area contributed by atoms with Crippen LogP contribution in [0.5, 0.6) is 0 Å². The third kappa shape index (κ3) is 2.17.